The molecule has 0 aromatic heterocycles. The number of rotatable bonds is 3. The molecular formula is C15H19F3N2O. The highest BCUT2D eigenvalue weighted by molar-refractivity contribution is 5.94. The van der Waals surface area contributed by atoms with E-state index in [4.69, 9.17) is 0 Å². The van der Waals surface area contributed by atoms with Crippen molar-refractivity contribution in [2.24, 2.45) is 5.92 Å². The first-order chi connectivity index (χ1) is 9.90. The Hall–Kier alpha value is -1.56. The van der Waals surface area contributed by atoms with E-state index in [-0.39, 0.29) is 5.69 Å². The Morgan fingerprint density at radius 1 is 1.24 bits per heavy atom. The van der Waals surface area contributed by atoms with Gasteiger partial charge in [0.25, 0.3) is 0 Å². The van der Waals surface area contributed by atoms with Crippen LogP contribution in [0.4, 0.5) is 18.9 Å². The van der Waals surface area contributed by atoms with Crippen molar-refractivity contribution in [2.45, 2.75) is 32.7 Å². The van der Waals surface area contributed by atoms with E-state index in [9.17, 15) is 18.0 Å². The number of piperidine rings is 1. The monoisotopic (exact) mass is 300 g/mol. The zero-order chi connectivity index (χ0) is 15.6. The molecule has 0 bridgehead atoms. The van der Waals surface area contributed by atoms with E-state index in [0.29, 0.717) is 5.92 Å². The minimum Gasteiger partial charge on any atom is -0.322 e. The van der Waals surface area contributed by atoms with Crippen molar-refractivity contribution in [3.8, 4) is 0 Å². The second-order valence-corrected chi connectivity index (χ2v) is 5.61. The predicted molar refractivity (Wildman–Crippen MR) is 74.4 cm³/mol. The Labute approximate surface area is 122 Å². The molecule has 0 spiro atoms. The van der Waals surface area contributed by atoms with E-state index in [1.807, 2.05) is 4.90 Å². The smallest absolute Gasteiger partial charge is 0.241 e. The van der Waals surface area contributed by atoms with E-state index in [1.165, 1.54) is 0 Å². The summed E-state index contributed by atoms with van der Waals surface area (Å²) in [5.41, 5.74) is -0.337. The van der Waals surface area contributed by atoms with Gasteiger partial charge in [0, 0.05) is 0 Å². The number of halogens is 3. The number of carbonyl (C=O) groups excluding carboxylic acids is 1. The third-order valence-electron chi connectivity index (χ3n) is 4.04. The Kier molecular flexibility index (Phi) is 4.88. The molecule has 1 aliphatic rings. The fraction of sp³-hybridized carbons (Fsp3) is 0.533. The summed E-state index contributed by atoms with van der Waals surface area (Å²) in [5.74, 6) is -4.01. The first-order valence-electron chi connectivity index (χ1n) is 7.08. The molecule has 1 heterocycles. The van der Waals surface area contributed by atoms with Gasteiger partial charge in [-0.3, -0.25) is 9.69 Å². The van der Waals surface area contributed by atoms with Gasteiger partial charge in [0.15, 0.2) is 17.5 Å². The van der Waals surface area contributed by atoms with Crippen LogP contribution in [0.1, 0.15) is 26.7 Å². The van der Waals surface area contributed by atoms with E-state index in [0.717, 1.165) is 38.1 Å². The molecule has 0 radical (unpaired) electrons. The molecule has 1 saturated heterocycles. The average molecular weight is 300 g/mol. The zero-order valence-corrected chi connectivity index (χ0v) is 12.1. The van der Waals surface area contributed by atoms with Crippen molar-refractivity contribution in [1.29, 1.82) is 0 Å². The van der Waals surface area contributed by atoms with Gasteiger partial charge in [-0.1, -0.05) is 6.92 Å². The lowest BCUT2D eigenvalue weighted by molar-refractivity contribution is -0.121. The third-order valence-corrected chi connectivity index (χ3v) is 4.04. The van der Waals surface area contributed by atoms with Gasteiger partial charge in [0.2, 0.25) is 5.91 Å². The first kappa shape index (κ1) is 15.8. The molecule has 1 aromatic rings. The van der Waals surface area contributed by atoms with Crippen molar-refractivity contribution < 1.29 is 18.0 Å². The van der Waals surface area contributed by atoms with Gasteiger partial charge in [-0.25, -0.2) is 13.2 Å². The molecule has 116 valence electrons. The Morgan fingerprint density at radius 2 is 1.86 bits per heavy atom. The summed E-state index contributed by atoms with van der Waals surface area (Å²) in [5, 5.41) is 2.32. The maximum absolute atomic E-state index is 13.5. The number of anilines is 1. The quantitative estimate of drug-likeness (QED) is 0.870. The normalized spacial score (nSPS) is 18.5. The summed E-state index contributed by atoms with van der Waals surface area (Å²) in [7, 11) is 0. The molecular weight excluding hydrogens is 281 g/mol. The summed E-state index contributed by atoms with van der Waals surface area (Å²) < 4.78 is 39.5. The van der Waals surface area contributed by atoms with Gasteiger partial charge >= 0.3 is 0 Å². The maximum atomic E-state index is 13.5. The van der Waals surface area contributed by atoms with Crippen LogP contribution in [0.3, 0.4) is 0 Å². The summed E-state index contributed by atoms with van der Waals surface area (Å²) in [6, 6.07) is 1.38. The molecule has 1 aliphatic heterocycles. The number of nitrogens with zero attached hydrogens (tertiary/aromatic N) is 1. The van der Waals surface area contributed by atoms with Crippen molar-refractivity contribution in [3.05, 3.63) is 29.6 Å². The number of amides is 1. The highest BCUT2D eigenvalue weighted by Gasteiger charge is 2.26. The second-order valence-electron chi connectivity index (χ2n) is 5.61. The molecule has 0 unspecified atom stereocenters. The molecule has 3 nitrogen and oxygen atoms in total. The lowest BCUT2D eigenvalue weighted by atomic mass is 9.98. The zero-order valence-electron chi connectivity index (χ0n) is 12.1. The number of carbonyl (C=O) groups is 1. The van der Waals surface area contributed by atoms with Crippen LogP contribution in [-0.2, 0) is 4.79 Å². The molecule has 1 N–H and O–H groups in total. The molecule has 0 saturated carbocycles. The standard InChI is InChI=1S/C15H19F3N2O/c1-9-5-7-20(8-6-9)10(2)15(21)19-12-4-3-11(16)13(17)14(12)18/h3-4,9-10H,5-8H2,1-2H3,(H,19,21)/t10-/m1/s1. The average Bonchev–Trinajstić information content (AvgIpc) is 2.48. The lowest BCUT2D eigenvalue weighted by Gasteiger charge is -2.34. The van der Waals surface area contributed by atoms with Gasteiger partial charge < -0.3 is 5.32 Å². The van der Waals surface area contributed by atoms with Crippen molar-refractivity contribution in [3.63, 3.8) is 0 Å². The SMILES string of the molecule is CC1CCN([C@H](C)C(=O)Nc2ccc(F)c(F)c2F)CC1. The van der Waals surface area contributed by atoms with Crippen LogP contribution in [0.25, 0.3) is 0 Å². The van der Waals surface area contributed by atoms with E-state index >= 15 is 0 Å². The van der Waals surface area contributed by atoms with Crippen LogP contribution in [0, 0.1) is 23.4 Å². The molecule has 21 heavy (non-hydrogen) atoms. The molecule has 1 fully saturated rings. The molecule has 0 aliphatic carbocycles. The minimum absolute atomic E-state index is 0.337. The van der Waals surface area contributed by atoms with Gasteiger partial charge in [0.1, 0.15) is 0 Å². The van der Waals surface area contributed by atoms with Crippen LogP contribution < -0.4 is 5.32 Å². The maximum Gasteiger partial charge on any atom is 0.241 e. The highest BCUT2D eigenvalue weighted by Crippen LogP contribution is 2.21. The van der Waals surface area contributed by atoms with Crippen molar-refractivity contribution in [1.82, 2.24) is 4.90 Å². The van der Waals surface area contributed by atoms with Gasteiger partial charge in [-0.2, -0.15) is 0 Å². The van der Waals surface area contributed by atoms with Crippen LogP contribution >= 0.6 is 0 Å². The molecule has 1 atom stereocenters. The van der Waals surface area contributed by atoms with Crippen molar-refractivity contribution in [2.75, 3.05) is 18.4 Å². The van der Waals surface area contributed by atoms with E-state index in [2.05, 4.69) is 12.2 Å². The van der Waals surface area contributed by atoms with E-state index in [1.54, 1.807) is 6.92 Å². The Balaban J connectivity index is 2.02. The summed E-state index contributed by atoms with van der Waals surface area (Å²) in [6.07, 6.45) is 2.02. The van der Waals surface area contributed by atoms with Crippen LogP contribution in [-0.4, -0.2) is 29.9 Å². The molecule has 1 aromatic carbocycles. The number of hydrogen-bond acceptors (Lipinski definition) is 2. The Bertz CT molecular complexity index is 528. The number of hydrogen-bond donors (Lipinski definition) is 1. The fourth-order valence-corrected chi connectivity index (χ4v) is 2.44. The van der Waals surface area contributed by atoms with Crippen LogP contribution in [0.15, 0.2) is 12.1 Å². The lowest BCUT2D eigenvalue weighted by Crippen LogP contribution is -2.45. The second kappa shape index (κ2) is 6.47. The van der Waals surface area contributed by atoms with Crippen LogP contribution in [0.2, 0.25) is 0 Å². The molecule has 1 amide bonds. The summed E-state index contributed by atoms with van der Waals surface area (Å²) >= 11 is 0. The van der Waals surface area contributed by atoms with Gasteiger partial charge in [-0.15, -0.1) is 0 Å². The molecule has 2 rings (SSSR count). The minimum atomic E-state index is -1.58. The first-order valence-corrected chi connectivity index (χ1v) is 7.08. The molecule has 6 heteroatoms. The number of nitrogens with one attached hydrogen (secondary N) is 1. The number of likely N-dealkylation sites (tertiary alicyclic amines) is 1. The van der Waals surface area contributed by atoms with Gasteiger partial charge in [-0.05, 0) is 50.9 Å². The largest absolute Gasteiger partial charge is 0.322 e. The van der Waals surface area contributed by atoms with Gasteiger partial charge in [0.05, 0.1) is 11.7 Å². The summed E-state index contributed by atoms with van der Waals surface area (Å²) in [6.45, 7) is 5.49. The predicted octanol–water partition coefficient (Wildman–Crippen LogP) is 3.16. The summed E-state index contributed by atoms with van der Waals surface area (Å²) in [4.78, 5) is 14.1. The van der Waals surface area contributed by atoms with Crippen molar-refractivity contribution >= 4 is 11.6 Å². The third kappa shape index (κ3) is 3.56. The Morgan fingerprint density at radius 3 is 2.48 bits per heavy atom. The van der Waals surface area contributed by atoms with E-state index < -0.39 is 29.4 Å². The number of benzene rings is 1. The topological polar surface area (TPSA) is 32.3 Å². The van der Waals surface area contributed by atoms with Crippen LogP contribution in [0.5, 0.6) is 0 Å². The highest BCUT2D eigenvalue weighted by atomic mass is 19.2. The fourth-order valence-electron chi connectivity index (χ4n) is 2.44.